The predicted molar refractivity (Wildman–Crippen MR) is 47.7 cm³/mol. The molecule has 0 aliphatic heterocycles. The van der Waals surface area contributed by atoms with E-state index in [-0.39, 0.29) is 11.7 Å². The summed E-state index contributed by atoms with van der Waals surface area (Å²) in [5, 5.41) is 0. The summed E-state index contributed by atoms with van der Waals surface area (Å²) in [6, 6.07) is 0. The second-order valence-corrected chi connectivity index (χ2v) is 2.48. The fourth-order valence-corrected chi connectivity index (χ4v) is 0.540. The average Bonchev–Trinajstić information content (AvgIpc) is 1.98. The first-order valence-corrected chi connectivity index (χ1v) is 3.47. The monoisotopic (exact) mass is 151 g/mol. The Labute approximate surface area is 67.3 Å². The van der Waals surface area contributed by atoms with Crippen LogP contribution in [0.2, 0.25) is 0 Å². The molecule has 0 atom stereocenters. The largest absolute Gasteiger partial charge is 0.292 e. The van der Waals surface area contributed by atoms with Crippen molar-refractivity contribution in [2.75, 3.05) is 0 Å². The van der Waals surface area contributed by atoms with Crippen molar-refractivity contribution in [3.05, 3.63) is 24.9 Å². The van der Waals surface area contributed by atoms with Gasteiger partial charge in [0.05, 0.1) is 5.70 Å². The Morgan fingerprint density at radius 2 is 2.09 bits per heavy atom. The Morgan fingerprint density at radius 1 is 1.55 bits per heavy atom. The molecule has 0 aromatic carbocycles. The molecule has 60 valence electrons. The fourth-order valence-electron chi connectivity index (χ4n) is 0.540. The van der Waals surface area contributed by atoms with E-state index in [1.165, 1.54) is 12.3 Å². The summed E-state index contributed by atoms with van der Waals surface area (Å²) in [6.07, 6.45) is 2.97. The number of hydrogen-bond acceptors (Lipinski definition) is 2. The molecule has 0 spiro atoms. The highest BCUT2D eigenvalue weighted by Gasteiger charge is 2.08. The van der Waals surface area contributed by atoms with E-state index in [1.807, 2.05) is 13.8 Å². The van der Waals surface area contributed by atoms with E-state index in [4.69, 9.17) is 0 Å². The van der Waals surface area contributed by atoms with Gasteiger partial charge in [-0.25, -0.2) is 0 Å². The minimum absolute atomic E-state index is 0.0249. The average molecular weight is 151 g/mol. The molecule has 2 heteroatoms. The van der Waals surface area contributed by atoms with E-state index in [0.717, 1.165) is 0 Å². The van der Waals surface area contributed by atoms with E-state index in [9.17, 15) is 4.79 Å². The molecule has 0 unspecified atom stereocenters. The third-order valence-corrected chi connectivity index (χ3v) is 1.14. The molecule has 0 amide bonds. The van der Waals surface area contributed by atoms with Crippen molar-refractivity contribution >= 4 is 12.0 Å². The van der Waals surface area contributed by atoms with Gasteiger partial charge in [0.1, 0.15) is 0 Å². The molecular formula is C9H13NO. The summed E-state index contributed by atoms with van der Waals surface area (Å²) in [7, 11) is 0. The van der Waals surface area contributed by atoms with Gasteiger partial charge >= 0.3 is 0 Å². The Morgan fingerprint density at radius 3 is 2.45 bits per heavy atom. The summed E-state index contributed by atoms with van der Waals surface area (Å²) < 4.78 is 0. The number of carbonyl (C=O) groups is 1. The van der Waals surface area contributed by atoms with E-state index >= 15 is 0 Å². The summed E-state index contributed by atoms with van der Waals surface area (Å²) in [5.74, 6) is -0.0624. The molecule has 0 heterocycles. The number of carbonyl (C=O) groups excluding carboxylic acids is 1. The molecule has 0 saturated heterocycles. The lowest BCUT2D eigenvalue weighted by Gasteiger charge is -2.00. The maximum Gasteiger partial charge on any atom is 0.183 e. The number of rotatable bonds is 4. The molecule has 0 aliphatic carbocycles. The number of allylic oxidation sites excluding steroid dienone is 2. The summed E-state index contributed by atoms with van der Waals surface area (Å²) in [6.45, 7) is 10.6. The van der Waals surface area contributed by atoms with Gasteiger partial charge in [-0.15, -0.1) is 0 Å². The van der Waals surface area contributed by atoms with E-state index in [1.54, 1.807) is 0 Å². The van der Waals surface area contributed by atoms with Crippen LogP contribution in [-0.4, -0.2) is 12.0 Å². The van der Waals surface area contributed by atoms with Crippen LogP contribution in [0.1, 0.15) is 13.8 Å². The third kappa shape index (κ3) is 3.50. The standard InChI is InChI=1S/C9H13NO/c1-5-6-10-8(4)9(11)7(2)3/h5-7H,1,4H2,2-3H3. The number of hydrogen-bond donors (Lipinski definition) is 0. The van der Waals surface area contributed by atoms with Gasteiger partial charge in [-0.3, -0.25) is 9.79 Å². The lowest BCUT2D eigenvalue weighted by Crippen LogP contribution is -2.07. The molecule has 0 saturated carbocycles. The van der Waals surface area contributed by atoms with Crippen LogP contribution in [0.4, 0.5) is 0 Å². The van der Waals surface area contributed by atoms with Gasteiger partial charge in [-0.2, -0.15) is 0 Å². The molecule has 0 bridgehead atoms. The molecule has 0 rings (SSSR count). The van der Waals surface area contributed by atoms with Crippen molar-refractivity contribution in [3.63, 3.8) is 0 Å². The Kier molecular flexibility index (Phi) is 4.11. The van der Waals surface area contributed by atoms with Crippen LogP contribution in [0.15, 0.2) is 29.9 Å². The van der Waals surface area contributed by atoms with Gasteiger partial charge in [-0.1, -0.05) is 33.1 Å². The SMILES string of the molecule is C=CC=NC(=C)C(=O)C(C)C. The quantitative estimate of drug-likeness (QED) is 0.446. The summed E-state index contributed by atoms with van der Waals surface area (Å²) >= 11 is 0. The minimum Gasteiger partial charge on any atom is -0.292 e. The first-order valence-electron chi connectivity index (χ1n) is 3.47. The Balaban J connectivity index is 4.15. The van der Waals surface area contributed by atoms with Crippen LogP contribution in [0, 0.1) is 5.92 Å². The topological polar surface area (TPSA) is 29.4 Å². The van der Waals surface area contributed by atoms with Gasteiger partial charge < -0.3 is 0 Å². The van der Waals surface area contributed by atoms with Crippen LogP contribution >= 0.6 is 0 Å². The van der Waals surface area contributed by atoms with Crippen molar-refractivity contribution in [1.82, 2.24) is 0 Å². The third-order valence-electron chi connectivity index (χ3n) is 1.14. The zero-order chi connectivity index (χ0) is 8.85. The number of ketones is 1. The Hall–Kier alpha value is -1.18. The zero-order valence-corrected chi connectivity index (χ0v) is 7.00. The van der Waals surface area contributed by atoms with Crippen LogP contribution < -0.4 is 0 Å². The van der Waals surface area contributed by atoms with Gasteiger partial charge in [0, 0.05) is 12.1 Å². The van der Waals surface area contributed by atoms with Gasteiger partial charge in [0.2, 0.25) is 0 Å². The molecular weight excluding hydrogens is 138 g/mol. The van der Waals surface area contributed by atoms with Crippen molar-refractivity contribution in [3.8, 4) is 0 Å². The highest BCUT2D eigenvalue weighted by atomic mass is 16.1. The molecule has 11 heavy (non-hydrogen) atoms. The summed E-state index contributed by atoms with van der Waals surface area (Å²) in [4.78, 5) is 14.9. The number of aliphatic imine (C=N–C) groups is 1. The molecule has 0 aromatic heterocycles. The van der Waals surface area contributed by atoms with E-state index < -0.39 is 0 Å². The zero-order valence-electron chi connectivity index (χ0n) is 7.00. The molecule has 0 aromatic rings. The second-order valence-electron chi connectivity index (χ2n) is 2.48. The Bertz CT molecular complexity index is 202. The minimum atomic E-state index is -0.0375. The van der Waals surface area contributed by atoms with E-state index in [2.05, 4.69) is 18.2 Å². The summed E-state index contributed by atoms with van der Waals surface area (Å²) in [5.41, 5.74) is 0.292. The number of nitrogens with zero attached hydrogens (tertiary/aromatic N) is 1. The van der Waals surface area contributed by atoms with E-state index in [0.29, 0.717) is 5.70 Å². The normalized spacial score (nSPS) is 10.5. The second kappa shape index (κ2) is 4.61. The van der Waals surface area contributed by atoms with Gasteiger partial charge in [0.15, 0.2) is 5.78 Å². The lowest BCUT2D eigenvalue weighted by atomic mass is 10.1. The lowest BCUT2D eigenvalue weighted by molar-refractivity contribution is -0.118. The highest BCUT2D eigenvalue weighted by Crippen LogP contribution is 2.03. The molecule has 0 N–H and O–H groups in total. The van der Waals surface area contributed by atoms with Crippen LogP contribution in [0.25, 0.3) is 0 Å². The van der Waals surface area contributed by atoms with Gasteiger partial charge in [0.25, 0.3) is 0 Å². The first kappa shape index (κ1) is 9.82. The molecule has 0 aliphatic rings. The molecule has 0 radical (unpaired) electrons. The molecule has 0 fully saturated rings. The van der Waals surface area contributed by atoms with Crippen molar-refractivity contribution in [2.24, 2.45) is 10.9 Å². The van der Waals surface area contributed by atoms with Crippen molar-refractivity contribution in [1.29, 1.82) is 0 Å². The highest BCUT2D eigenvalue weighted by molar-refractivity contribution is 5.97. The maximum absolute atomic E-state index is 11.1. The molecule has 2 nitrogen and oxygen atoms in total. The number of Topliss-reactive ketones (excluding diaryl/α,β-unsaturated/α-hetero) is 1. The smallest absolute Gasteiger partial charge is 0.183 e. The fraction of sp³-hybridized carbons (Fsp3) is 0.333. The van der Waals surface area contributed by atoms with Crippen molar-refractivity contribution < 1.29 is 4.79 Å². The van der Waals surface area contributed by atoms with Crippen LogP contribution in [-0.2, 0) is 4.79 Å². The van der Waals surface area contributed by atoms with Crippen molar-refractivity contribution in [2.45, 2.75) is 13.8 Å². The maximum atomic E-state index is 11.1. The predicted octanol–water partition coefficient (Wildman–Crippen LogP) is 1.98. The van der Waals surface area contributed by atoms with Gasteiger partial charge in [-0.05, 0) is 0 Å². The van der Waals surface area contributed by atoms with Crippen LogP contribution in [0.3, 0.4) is 0 Å². The van der Waals surface area contributed by atoms with Crippen LogP contribution in [0.5, 0.6) is 0 Å². The first-order chi connectivity index (χ1) is 5.09.